The summed E-state index contributed by atoms with van der Waals surface area (Å²) in [5.74, 6) is 0. The lowest BCUT2D eigenvalue weighted by Crippen LogP contribution is -2.36. The largest absolute Gasteiger partial charge is 0.330 e. The van der Waals surface area contributed by atoms with Crippen molar-refractivity contribution in [3.63, 3.8) is 0 Å². The lowest BCUT2D eigenvalue weighted by molar-refractivity contribution is 0.418. The van der Waals surface area contributed by atoms with Gasteiger partial charge in [0, 0.05) is 16.4 Å². The molecule has 0 fully saturated rings. The molecule has 1 atom stereocenters. The molecule has 0 bridgehead atoms. The molecular weight excluding hydrogens is 298 g/mol. The molecule has 2 N–H and O–H groups in total. The maximum Gasteiger partial charge on any atom is 0.0207 e. The third-order valence-electron chi connectivity index (χ3n) is 3.94. The highest BCUT2D eigenvalue weighted by Crippen LogP contribution is 2.33. The molecule has 0 radical (unpaired) electrons. The quantitative estimate of drug-likeness (QED) is 0.874. The Morgan fingerprint density at radius 3 is 2.21 bits per heavy atom. The second kappa shape index (κ2) is 6.36. The van der Waals surface area contributed by atoms with E-state index in [1.54, 1.807) is 0 Å². The van der Waals surface area contributed by atoms with Crippen LogP contribution in [0.25, 0.3) is 0 Å². The molecule has 0 spiro atoms. The number of hydrogen-bond acceptors (Lipinski definition) is 1. The molecule has 0 aliphatic carbocycles. The van der Waals surface area contributed by atoms with Crippen molar-refractivity contribution in [2.24, 2.45) is 5.73 Å². The predicted octanol–water partition coefficient (Wildman–Crippen LogP) is 4.30. The summed E-state index contributed by atoms with van der Waals surface area (Å²) in [6, 6.07) is 19.0. The van der Waals surface area contributed by atoms with Crippen LogP contribution in [0.4, 0.5) is 0 Å². The molecule has 2 rings (SSSR count). The molecule has 2 aromatic carbocycles. The van der Waals surface area contributed by atoms with Crippen LogP contribution in [0.1, 0.15) is 24.5 Å². The minimum absolute atomic E-state index is 0.0190. The maximum atomic E-state index is 6.13. The highest BCUT2D eigenvalue weighted by molar-refractivity contribution is 9.10. The van der Waals surface area contributed by atoms with Gasteiger partial charge in [-0.15, -0.1) is 0 Å². The van der Waals surface area contributed by atoms with Gasteiger partial charge in [0.25, 0.3) is 0 Å². The Bertz CT molecular complexity index is 518. The van der Waals surface area contributed by atoms with Crippen LogP contribution in [0.5, 0.6) is 0 Å². The first-order valence-electron chi connectivity index (χ1n) is 6.71. The second-order valence-electron chi connectivity index (χ2n) is 4.97. The van der Waals surface area contributed by atoms with Crippen LogP contribution < -0.4 is 5.73 Å². The van der Waals surface area contributed by atoms with Gasteiger partial charge in [0.2, 0.25) is 0 Å². The first-order chi connectivity index (χ1) is 9.22. The maximum absolute atomic E-state index is 6.13. The smallest absolute Gasteiger partial charge is 0.0207 e. The zero-order valence-corrected chi connectivity index (χ0v) is 12.9. The van der Waals surface area contributed by atoms with Gasteiger partial charge in [0.05, 0.1) is 0 Å². The van der Waals surface area contributed by atoms with Gasteiger partial charge in [-0.1, -0.05) is 71.4 Å². The van der Waals surface area contributed by atoms with E-state index < -0.39 is 0 Å². The lowest BCUT2D eigenvalue weighted by atomic mass is 9.73. The fourth-order valence-corrected chi connectivity index (χ4v) is 2.99. The van der Waals surface area contributed by atoms with E-state index >= 15 is 0 Å². The van der Waals surface area contributed by atoms with Crippen LogP contribution in [-0.2, 0) is 11.8 Å². The minimum atomic E-state index is 0.0190. The highest BCUT2D eigenvalue weighted by Gasteiger charge is 2.29. The van der Waals surface area contributed by atoms with E-state index in [2.05, 4.69) is 71.4 Å². The van der Waals surface area contributed by atoms with Crippen LogP contribution in [0.15, 0.2) is 59.1 Å². The van der Waals surface area contributed by atoms with Gasteiger partial charge >= 0.3 is 0 Å². The molecule has 19 heavy (non-hydrogen) atoms. The van der Waals surface area contributed by atoms with E-state index in [9.17, 15) is 0 Å². The normalized spacial score (nSPS) is 14.1. The van der Waals surface area contributed by atoms with Crippen molar-refractivity contribution >= 4 is 15.9 Å². The monoisotopic (exact) mass is 317 g/mol. The molecule has 0 saturated heterocycles. The van der Waals surface area contributed by atoms with Crippen molar-refractivity contribution in [3.8, 4) is 0 Å². The van der Waals surface area contributed by atoms with Crippen molar-refractivity contribution in [1.82, 2.24) is 0 Å². The summed E-state index contributed by atoms with van der Waals surface area (Å²) in [5, 5.41) is 0. The Labute approximate surface area is 124 Å². The summed E-state index contributed by atoms with van der Waals surface area (Å²) in [4.78, 5) is 0. The Kier molecular flexibility index (Phi) is 4.78. The summed E-state index contributed by atoms with van der Waals surface area (Å²) < 4.78 is 1.16. The molecule has 1 nitrogen and oxygen atoms in total. The molecule has 0 aliphatic rings. The highest BCUT2D eigenvalue weighted by atomic mass is 79.9. The first kappa shape index (κ1) is 14.3. The fourth-order valence-electron chi connectivity index (χ4n) is 2.56. The summed E-state index contributed by atoms with van der Waals surface area (Å²) in [6.45, 7) is 2.88. The van der Waals surface area contributed by atoms with Crippen LogP contribution in [-0.4, -0.2) is 6.54 Å². The van der Waals surface area contributed by atoms with Crippen molar-refractivity contribution in [3.05, 3.63) is 70.2 Å². The van der Waals surface area contributed by atoms with Crippen LogP contribution in [0.3, 0.4) is 0 Å². The van der Waals surface area contributed by atoms with Crippen molar-refractivity contribution < 1.29 is 0 Å². The Morgan fingerprint density at radius 1 is 1.00 bits per heavy atom. The van der Waals surface area contributed by atoms with Gasteiger partial charge in [-0.25, -0.2) is 0 Å². The number of halogens is 1. The summed E-state index contributed by atoms with van der Waals surface area (Å²) in [5.41, 5.74) is 8.80. The molecule has 2 aromatic rings. The van der Waals surface area contributed by atoms with Crippen molar-refractivity contribution in [1.29, 1.82) is 0 Å². The van der Waals surface area contributed by atoms with Gasteiger partial charge < -0.3 is 5.73 Å². The SMILES string of the molecule is CCC(CN)(Cc1ccccc1Br)c1ccccc1. The van der Waals surface area contributed by atoms with Gasteiger partial charge in [-0.05, 0) is 30.0 Å². The van der Waals surface area contributed by atoms with E-state index in [1.165, 1.54) is 11.1 Å². The fraction of sp³-hybridized carbons (Fsp3) is 0.294. The Morgan fingerprint density at radius 2 is 1.63 bits per heavy atom. The second-order valence-corrected chi connectivity index (χ2v) is 5.83. The van der Waals surface area contributed by atoms with Crippen molar-refractivity contribution in [2.75, 3.05) is 6.54 Å². The van der Waals surface area contributed by atoms with Gasteiger partial charge in [0.1, 0.15) is 0 Å². The predicted molar refractivity (Wildman–Crippen MR) is 85.3 cm³/mol. The molecule has 0 aliphatic heterocycles. The third kappa shape index (κ3) is 3.07. The molecule has 100 valence electrons. The van der Waals surface area contributed by atoms with E-state index in [1.807, 2.05) is 6.07 Å². The third-order valence-corrected chi connectivity index (χ3v) is 4.71. The van der Waals surface area contributed by atoms with E-state index in [0.717, 1.165) is 17.3 Å². The van der Waals surface area contributed by atoms with Crippen LogP contribution >= 0.6 is 15.9 Å². The number of benzene rings is 2. The molecule has 2 heteroatoms. The molecular formula is C17H20BrN. The molecule has 1 unspecified atom stereocenters. The minimum Gasteiger partial charge on any atom is -0.330 e. The average Bonchev–Trinajstić information content (AvgIpc) is 2.48. The Hall–Kier alpha value is -1.12. The van der Waals surface area contributed by atoms with Crippen LogP contribution in [0, 0.1) is 0 Å². The Balaban J connectivity index is 2.38. The molecule has 0 heterocycles. The van der Waals surface area contributed by atoms with Gasteiger partial charge in [-0.3, -0.25) is 0 Å². The molecule has 0 amide bonds. The van der Waals surface area contributed by atoms with E-state index in [4.69, 9.17) is 5.73 Å². The molecule has 0 saturated carbocycles. The number of nitrogens with two attached hydrogens (primary N) is 1. The van der Waals surface area contributed by atoms with E-state index in [-0.39, 0.29) is 5.41 Å². The summed E-state index contributed by atoms with van der Waals surface area (Å²) in [6.07, 6.45) is 2.00. The topological polar surface area (TPSA) is 26.0 Å². The summed E-state index contributed by atoms with van der Waals surface area (Å²) in [7, 11) is 0. The molecule has 0 aromatic heterocycles. The average molecular weight is 318 g/mol. The van der Waals surface area contributed by atoms with Crippen molar-refractivity contribution in [2.45, 2.75) is 25.2 Å². The van der Waals surface area contributed by atoms with Gasteiger partial charge in [0.15, 0.2) is 0 Å². The first-order valence-corrected chi connectivity index (χ1v) is 7.50. The lowest BCUT2D eigenvalue weighted by Gasteiger charge is -2.32. The van der Waals surface area contributed by atoms with Crippen LogP contribution in [0.2, 0.25) is 0 Å². The van der Waals surface area contributed by atoms with E-state index in [0.29, 0.717) is 6.54 Å². The van der Waals surface area contributed by atoms with Gasteiger partial charge in [-0.2, -0.15) is 0 Å². The zero-order valence-electron chi connectivity index (χ0n) is 11.3. The number of rotatable bonds is 5. The summed E-state index contributed by atoms with van der Waals surface area (Å²) >= 11 is 3.64. The number of hydrogen-bond donors (Lipinski definition) is 1. The standard InChI is InChI=1S/C17H20BrN/c1-2-17(13-19,15-9-4-3-5-10-15)12-14-8-6-7-11-16(14)18/h3-11H,2,12-13,19H2,1H3. The zero-order chi connectivity index (χ0) is 13.7.